The van der Waals surface area contributed by atoms with Gasteiger partial charge in [0.05, 0.1) is 0 Å². The quantitative estimate of drug-likeness (QED) is 0.494. The summed E-state index contributed by atoms with van der Waals surface area (Å²) in [5.74, 6) is -1.10. The molecule has 0 fully saturated rings. The van der Waals surface area contributed by atoms with Crippen molar-refractivity contribution in [3.8, 4) is 0 Å². The van der Waals surface area contributed by atoms with Crippen LogP contribution < -0.4 is 5.32 Å². The highest BCUT2D eigenvalue weighted by Crippen LogP contribution is 2.25. The van der Waals surface area contributed by atoms with E-state index < -0.39 is 11.7 Å². The number of anilines is 1. The first-order chi connectivity index (χ1) is 7.04. The van der Waals surface area contributed by atoms with Gasteiger partial charge >= 0.3 is 0 Å². The third kappa shape index (κ3) is 3.02. The first-order valence-electron chi connectivity index (χ1n) is 3.98. The second kappa shape index (κ2) is 4.88. The van der Waals surface area contributed by atoms with Crippen molar-refractivity contribution in [2.45, 2.75) is 6.92 Å². The largest absolute Gasteiger partial charge is 0.411 e. The summed E-state index contributed by atoms with van der Waals surface area (Å²) in [5, 5.41) is 13.1. The molecule has 0 aliphatic rings. The third-order valence-electron chi connectivity index (χ3n) is 1.74. The van der Waals surface area contributed by atoms with Crippen LogP contribution in [0.5, 0.6) is 0 Å². The zero-order chi connectivity index (χ0) is 11.4. The van der Waals surface area contributed by atoms with Crippen molar-refractivity contribution in [1.82, 2.24) is 0 Å². The Hall–Kier alpha value is -1.43. The fourth-order valence-electron chi connectivity index (χ4n) is 0.993. The molecule has 1 amide bonds. The van der Waals surface area contributed by atoms with Crippen molar-refractivity contribution in [3.05, 3.63) is 28.0 Å². The van der Waals surface area contributed by atoms with E-state index in [1.54, 1.807) is 6.92 Å². The molecule has 0 radical (unpaired) electrons. The first kappa shape index (κ1) is 11.6. The molecular weight excluding hydrogens is 267 g/mol. The van der Waals surface area contributed by atoms with Crippen LogP contribution in [0.15, 0.2) is 21.8 Å². The SMILES string of the molecule is Cc1c(Br)cc(F)cc1NC(=O)C=NO. The Morgan fingerprint density at radius 2 is 2.33 bits per heavy atom. The predicted molar refractivity (Wildman–Crippen MR) is 57.7 cm³/mol. The van der Waals surface area contributed by atoms with Gasteiger partial charge < -0.3 is 10.5 Å². The van der Waals surface area contributed by atoms with Gasteiger partial charge in [0.15, 0.2) is 0 Å². The molecule has 2 N–H and O–H groups in total. The van der Waals surface area contributed by atoms with Crippen LogP contribution >= 0.6 is 15.9 Å². The minimum atomic E-state index is -0.627. The average Bonchev–Trinajstić information content (AvgIpc) is 2.13. The molecule has 0 atom stereocenters. The number of amides is 1. The number of oxime groups is 1. The molecule has 15 heavy (non-hydrogen) atoms. The molecule has 0 aromatic heterocycles. The molecular formula is C9H8BrFN2O2. The fraction of sp³-hybridized carbons (Fsp3) is 0.111. The van der Waals surface area contributed by atoms with Crippen LogP contribution in [-0.2, 0) is 4.79 Å². The minimum absolute atomic E-state index is 0.326. The van der Waals surface area contributed by atoms with E-state index in [9.17, 15) is 9.18 Å². The Morgan fingerprint density at radius 3 is 2.93 bits per heavy atom. The standard InChI is InChI=1S/C9H8BrFN2O2/c1-5-7(10)2-6(11)3-8(5)13-9(14)4-12-15/h2-4,15H,1H3,(H,13,14). The molecule has 0 unspecified atom stereocenters. The van der Waals surface area contributed by atoms with Gasteiger partial charge in [0, 0.05) is 10.2 Å². The number of nitrogens with zero attached hydrogens (tertiary/aromatic N) is 1. The van der Waals surface area contributed by atoms with Gasteiger partial charge in [-0.3, -0.25) is 4.79 Å². The molecule has 0 bridgehead atoms. The number of carbonyl (C=O) groups is 1. The van der Waals surface area contributed by atoms with Gasteiger partial charge in [-0.15, -0.1) is 0 Å². The van der Waals surface area contributed by atoms with Crippen molar-refractivity contribution >= 4 is 33.7 Å². The second-order valence-electron chi connectivity index (χ2n) is 2.79. The van der Waals surface area contributed by atoms with Gasteiger partial charge in [0.1, 0.15) is 12.0 Å². The van der Waals surface area contributed by atoms with E-state index in [0.29, 0.717) is 21.9 Å². The van der Waals surface area contributed by atoms with Crippen LogP contribution in [0.1, 0.15) is 5.56 Å². The molecule has 4 nitrogen and oxygen atoms in total. The normalized spacial score (nSPS) is 10.6. The molecule has 6 heteroatoms. The van der Waals surface area contributed by atoms with Crippen LogP contribution in [0.3, 0.4) is 0 Å². The Balaban J connectivity index is 2.99. The fourth-order valence-corrected chi connectivity index (χ4v) is 1.43. The maximum atomic E-state index is 13.0. The van der Waals surface area contributed by atoms with Crippen molar-refractivity contribution in [3.63, 3.8) is 0 Å². The maximum Gasteiger partial charge on any atom is 0.270 e. The van der Waals surface area contributed by atoms with E-state index in [1.165, 1.54) is 12.1 Å². The van der Waals surface area contributed by atoms with Crippen molar-refractivity contribution in [1.29, 1.82) is 0 Å². The average molecular weight is 275 g/mol. The van der Waals surface area contributed by atoms with Crippen LogP contribution in [-0.4, -0.2) is 17.3 Å². The molecule has 80 valence electrons. The topological polar surface area (TPSA) is 61.7 Å². The third-order valence-corrected chi connectivity index (χ3v) is 2.57. The Labute approximate surface area is 93.9 Å². The molecule has 0 spiro atoms. The number of nitrogens with one attached hydrogen (secondary N) is 1. The first-order valence-corrected chi connectivity index (χ1v) is 4.78. The van der Waals surface area contributed by atoms with E-state index in [-0.39, 0.29) is 0 Å². The summed E-state index contributed by atoms with van der Waals surface area (Å²) in [6.45, 7) is 1.72. The lowest BCUT2D eigenvalue weighted by atomic mass is 10.2. The lowest BCUT2D eigenvalue weighted by Crippen LogP contribution is -2.13. The Bertz CT molecular complexity index is 421. The van der Waals surface area contributed by atoms with E-state index in [2.05, 4.69) is 26.4 Å². The lowest BCUT2D eigenvalue weighted by Gasteiger charge is -2.07. The van der Waals surface area contributed by atoms with E-state index >= 15 is 0 Å². The minimum Gasteiger partial charge on any atom is -0.411 e. The summed E-state index contributed by atoms with van der Waals surface area (Å²) in [4.78, 5) is 11.0. The molecule has 1 aromatic carbocycles. The van der Waals surface area contributed by atoms with E-state index in [0.717, 1.165) is 0 Å². The van der Waals surface area contributed by atoms with Crippen LogP contribution in [0.4, 0.5) is 10.1 Å². The maximum absolute atomic E-state index is 13.0. The van der Waals surface area contributed by atoms with Gasteiger partial charge in [0.25, 0.3) is 5.91 Å². The summed E-state index contributed by atoms with van der Waals surface area (Å²) in [7, 11) is 0. The van der Waals surface area contributed by atoms with Gasteiger partial charge in [-0.25, -0.2) is 4.39 Å². The lowest BCUT2D eigenvalue weighted by molar-refractivity contribution is -0.110. The summed E-state index contributed by atoms with van der Waals surface area (Å²) in [5.41, 5.74) is 1.02. The zero-order valence-electron chi connectivity index (χ0n) is 7.79. The number of hydrogen-bond acceptors (Lipinski definition) is 3. The summed E-state index contributed by atoms with van der Waals surface area (Å²) >= 11 is 3.15. The van der Waals surface area contributed by atoms with Crippen molar-refractivity contribution in [2.75, 3.05) is 5.32 Å². The molecule has 0 aliphatic heterocycles. The summed E-state index contributed by atoms with van der Waals surface area (Å²) < 4.78 is 13.5. The Morgan fingerprint density at radius 1 is 1.67 bits per heavy atom. The molecule has 0 saturated carbocycles. The van der Waals surface area contributed by atoms with E-state index in [1.807, 2.05) is 0 Å². The zero-order valence-corrected chi connectivity index (χ0v) is 9.38. The highest BCUT2D eigenvalue weighted by atomic mass is 79.9. The molecule has 0 heterocycles. The number of carbonyl (C=O) groups excluding carboxylic acids is 1. The van der Waals surface area contributed by atoms with Crippen LogP contribution in [0.25, 0.3) is 0 Å². The van der Waals surface area contributed by atoms with Gasteiger partial charge in [-0.05, 0) is 24.6 Å². The number of hydrogen-bond donors (Lipinski definition) is 2. The molecule has 1 rings (SSSR count). The number of rotatable bonds is 2. The van der Waals surface area contributed by atoms with Crippen LogP contribution in [0, 0.1) is 12.7 Å². The monoisotopic (exact) mass is 274 g/mol. The molecule has 0 saturated heterocycles. The summed E-state index contributed by atoms with van der Waals surface area (Å²) in [6, 6.07) is 2.48. The summed E-state index contributed by atoms with van der Waals surface area (Å²) in [6.07, 6.45) is 0.693. The predicted octanol–water partition coefficient (Wildman–Crippen LogP) is 2.30. The second-order valence-corrected chi connectivity index (χ2v) is 3.65. The molecule has 0 aliphatic carbocycles. The smallest absolute Gasteiger partial charge is 0.270 e. The van der Waals surface area contributed by atoms with Gasteiger partial charge in [-0.1, -0.05) is 21.1 Å². The van der Waals surface area contributed by atoms with Crippen LogP contribution in [0.2, 0.25) is 0 Å². The highest BCUT2D eigenvalue weighted by Gasteiger charge is 2.07. The van der Waals surface area contributed by atoms with Gasteiger partial charge in [-0.2, -0.15) is 0 Å². The van der Waals surface area contributed by atoms with Crippen molar-refractivity contribution < 1.29 is 14.4 Å². The number of benzene rings is 1. The molecule has 1 aromatic rings. The van der Waals surface area contributed by atoms with Crippen molar-refractivity contribution in [2.24, 2.45) is 5.16 Å². The van der Waals surface area contributed by atoms with E-state index in [4.69, 9.17) is 5.21 Å². The Kier molecular flexibility index (Phi) is 3.79. The van der Waals surface area contributed by atoms with Gasteiger partial charge in [0.2, 0.25) is 0 Å². The number of halogens is 2. The highest BCUT2D eigenvalue weighted by molar-refractivity contribution is 9.10.